The van der Waals surface area contributed by atoms with Crippen LogP contribution in [0.15, 0.2) is 48.7 Å². The Bertz CT molecular complexity index is 621. The van der Waals surface area contributed by atoms with Crippen molar-refractivity contribution in [1.29, 1.82) is 0 Å². The highest BCUT2D eigenvalue weighted by atomic mass is 16.6. The number of hydrogen-bond donors (Lipinski definition) is 1. The lowest BCUT2D eigenvalue weighted by Gasteiger charge is -2.19. The van der Waals surface area contributed by atoms with Gasteiger partial charge in [-0.05, 0) is 32.4 Å². The highest BCUT2D eigenvalue weighted by Gasteiger charge is 2.16. The van der Waals surface area contributed by atoms with Crippen molar-refractivity contribution in [3.63, 3.8) is 0 Å². The Labute approximate surface area is 130 Å². The second-order valence-electron chi connectivity index (χ2n) is 5.78. The van der Waals surface area contributed by atoms with Crippen LogP contribution >= 0.6 is 0 Å². The van der Waals surface area contributed by atoms with Gasteiger partial charge in [-0.3, -0.25) is 5.32 Å². The van der Waals surface area contributed by atoms with Crippen molar-refractivity contribution in [3.8, 4) is 5.75 Å². The number of ether oxygens (including phenoxy) is 2. The van der Waals surface area contributed by atoms with Crippen LogP contribution in [0.4, 0.5) is 10.6 Å². The van der Waals surface area contributed by atoms with Gasteiger partial charge in [0.15, 0.2) is 0 Å². The van der Waals surface area contributed by atoms with Crippen LogP contribution in [0.2, 0.25) is 0 Å². The lowest BCUT2D eigenvalue weighted by atomic mass is 10.2. The Kier molecular flexibility index (Phi) is 4.99. The summed E-state index contributed by atoms with van der Waals surface area (Å²) in [6, 6.07) is 13.2. The topological polar surface area (TPSA) is 60.5 Å². The molecule has 0 aliphatic rings. The standard InChI is InChI=1S/C17H20N2O3/c1-17(2,3)22-16(20)19-15-11-14(9-10-18-15)21-12-13-7-5-4-6-8-13/h4-11H,12H2,1-3H3,(H,18,19,20). The number of carbonyl (C=O) groups excluding carboxylic acids is 1. The Morgan fingerprint density at radius 1 is 1.18 bits per heavy atom. The fraction of sp³-hybridized carbons (Fsp3) is 0.294. The molecule has 2 rings (SSSR count). The number of anilines is 1. The number of carbonyl (C=O) groups is 1. The number of hydrogen-bond acceptors (Lipinski definition) is 4. The summed E-state index contributed by atoms with van der Waals surface area (Å²) in [5.74, 6) is 1.02. The maximum atomic E-state index is 11.7. The van der Waals surface area contributed by atoms with Crippen molar-refractivity contribution >= 4 is 11.9 Å². The molecule has 116 valence electrons. The number of pyridine rings is 1. The number of aromatic nitrogens is 1. The number of nitrogens with one attached hydrogen (secondary N) is 1. The van der Waals surface area contributed by atoms with E-state index in [0.29, 0.717) is 18.2 Å². The van der Waals surface area contributed by atoms with E-state index in [0.717, 1.165) is 5.56 Å². The van der Waals surface area contributed by atoms with Gasteiger partial charge in [0.05, 0.1) is 0 Å². The van der Waals surface area contributed by atoms with Crippen molar-refractivity contribution in [2.45, 2.75) is 33.0 Å². The summed E-state index contributed by atoms with van der Waals surface area (Å²) in [5, 5.41) is 2.58. The van der Waals surface area contributed by atoms with E-state index in [9.17, 15) is 4.79 Å². The van der Waals surface area contributed by atoms with Crippen molar-refractivity contribution in [1.82, 2.24) is 4.98 Å². The molecule has 1 aromatic carbocycles. The minimum absolute atomic E-state index is 0.389. The van der Waals surface area contributed by atoms with Gasteiger partial charge >= 0.3 is 6.09 Å². The highest BCUT2D eigenvalue weighted by molar-refractivity contribution is 5.83. The minimum Gasteiger partial charge on any atom is -0.489 e. The summed E-state index contributed by atoms with van der Waals surface area (Å²) >= 11 is 0. The van der Waals surface area contributed by atoms with Crippen LogP contribution in [0.3, 0.4) is 0 Å². The molecule has 0 bridgehead atoms. The largest absolute Gasteiger partial charge is 0.489 e. The summed E-state index contributed by atoms with van der Waals surface area (Å²) in [6.45, 7) is 5.87. The number of nitrogens with zero attached hydrogens (tertiary/aromatic N) is 1. The van der Waals surface area contributed by atoms with Gasteiger partial charge in [0.2, 0.25) is 0 Å². The van der Waals surface area contributed by atoms with Crippen molar-refractivity contribution in [2.75, 3.05) is 5.32 Å². The molecule has 1 amide bonds. The molecule has 1 aromatic heterocycles. The molecule has 0 atom stereocenters. The van der Waals surface area contributed by atoms with Gasteiger partial charge in [0.1, 0.15) is 23.8 Å². The predicted octanol–water partition coefficient (Wildman–Crippen LogP) is 4.01. The molecule has 0 saturated heterocycles. The third kappa shape index (κ3) is 5.44. The summed E-state index contributed by atoms with van der Waals surface area (Å²) in [4.78, 5) is 15.8. The van der Waals surface area contributed by atoms with Crippen molar-refractivity contribution in [2.24, 2.45) is 0 Å². The van der Waals surface area contributed by atoms with Gasteiger partial charge < -0.3 is 9.47 Å². The molecule has 1 heterocycles. The van der Waals surface area contributed by atoms with E-state index in [1.807, 2.05) is 30.3 Å². The molecule has 0 aliphatic carbocycles. The molecule has 2 aromatic rings. The Morgan fingerprint density at radius 3 is 2.59 bits per heavy atom. The van der Waals surface area contributed by atoms with Crippen LogP contribution in [-0.2, 0) is 11.3 Å². The van der Waals surface area contributed by atoms with E-state index in [1.165, 1.54) is 0 Å². The summed E-state index contributed by atoms with van der Waals surface area (Å²) < 4.78 is 10.9. The van der Waals surface area contributed by atoms with E-state index >= 15 is 0 Å². The Hall–Kier alpha value is -2.56. The zero-order chi connectivity index (χ0) is 16.0. The molecule has 5 heteroatoms. The van der Waals surface area contributed by atoms with Crippen LogP contribution in [0.25, 0.3) is 0 Å². The normalized spacial score (nSPS) is 10.9. The SMILES string of the molecule is CC(C)(C)OC(=O)Nc1cc(OCc2ccccc2)ccn1. The first-order valence-electron chi connectivity index (χ1n) is 7.05. The third-order valence-electron chi connectivity index (χ3n) is 2.61. The van der Waals surface area contributed by atoms with Gasteiger partial charge in [-0.25, -0.2) is 9.78 Å². The average Bonchev–Trinajstić information content (AvgIpc) is 2.44. The fourth-order valence-corrected chi connectivity index (χ4v) is 1.72. The van der Waals surface area contributed by atoms with Crippen molar-refractivity contribution < 1.29 is 14.3 Å². The molecule has 0 aliphatic heterocycles. The number of rotatable bonds is 4. The molecule has 0 saturated carbocycles. The van der Waals surface area contributed by atoms with E-state index in [1.54, 1.807) is 39.1 Å². The first-order chi connectivity index (χ1) is 10.4. The Morgan fingerprint density at radius 2 is 1.91 bits per heavy atom. The summed E-state index contributed by atoms with van der Waals surface area (Å²) in [5.41, 5.74) is 0.520. The first kappa shape index (κ1) is 15.8. The first-order valence-corrected chi connectivity index (χ1v) is 7.05. The molecule has 1 N–H and O–H groups in total. The number of benzene rings is 1. The molecular weight excluding hydrogens is 280 g/mol. The van der Waals surface area contributed by atoms with Gasteiger partial charge in [-0.15, -0.1) is 0 Å². The molecule has 0 radical (unpaired) electrons. The molecule has 0 unspecified atom stereocenters. The molecular formula is C17H20N2O3. The van der Waals surface area contributed by atoms with E-state index in [-0.39, 0.29) is 0 Å². The second kappa shape index (κ2) is 6.93. The Balaban J connectivity index is 1.94. The lowest BCUT2D eigenvalue weighted by Crippen LogP contribution is -2.27. The highest BCUT2D eigenvalue weighted by Crippen LogP contribution is 2.17. The smallest absolute Gasteiger partial charge is 0.413 e. The van der Waals surface area contributed by atoms with Gasteiger partial charge in [0, 0.05) is 12.3 Å². The van der Waals surface area contributed by atoms with E-state index < -0.39 is 11.7 Å². The van der Waals surface area contributed by atoms with Gasteiger partial charge in [-0.1, -0.05) is 30.3 Å². The second-order valence-corrected chi connectivity index (χ2v) is 5.78. The van der Waals surface area contributed by atoms with Crippen LogP contribution in [0, 0.1) is 0 Å². The van der Waals surface area contributed by atoms with Crippen LogP contribution < -0.4 is 10.1 Å². The zero-order valence-corrected chi connectivity index (χ0v) is 13.0. The summed E-state index contributed by atoms with van der Waals surface area (Å²) in [7, 11) is 0. The third-order valence-corrected chi connectivity index (χ3v) is 2.61. The van der Waals surface area contributed by atoms with Gasteiger partial charge in [0.25, 0.3) is 0 Å². The minimum atomic E-state index is -0.550. The monoisotopic (exact) mass is 300 g/mol. The van der Waals surface area contributed by atoms with Crippen LogP contribution in [-0.4, -0.2) is 16.7 Å². The van der Waals surface area contributed by atoms with Crippen molar-refractivity contribution in [3.05, 3.63) is 54.2 Å². The zero-order valence-electron chi connectivity index (χ0n) is 13.0. The van der Waals surface area contributed by atoms with E-state index in [4.69, 9.17) is 9.47 Å². The quantitative estimate of drug-likeness (QED) is 0.927. The van der Waals surface area contributed by atoms with E-state index in [2.05, 4.69) is 10.3 Å². The predicted molar refractivity (Wildman–Crippen MR) is 84.9 cm³/mol. The maximum absolute atomic E-state index is 11.7. The lowest BCUT2D eigenvalue weighted by molar-refractivity contribution is 0.0635. The van der Waals surface area contributed by atoms with Crippen LogP contribution in [0.5, 0.6) is 5.75 Å². The fourth-order valence-electron chi connectivity index (χ4n) is 1.72. The molecule has 0 spiro atoms. The molecule has 22 heavy (non-hydrogen) atoms. The summed E-state index contributed by atoms with van der Waals surface area (Å²) in [6.07, 6.45) is 1.03. The average molecular weight is 300 g/mol. The van der Waals surface area contributed by atoms with Crippen LogP contribution in [0.1, 0.15) is 26.3 Å². The number of amides is 1. The molecule has 0 fully saturated rings. The maximum Gasteiger partial charge on any atom is 0.413 e. The molecule has 5 nitrogen and oxygen atoms in total. The van der Waals surface area contributed by atoms with Gasteiger partial charge in [-0.2, -0.15) is 0 Å².